The molecule has 4 atom stereocenters. The van der Waals surface area contributed by atoms with E-state index in [1.165, 1.54) is 30.9 Å². The Kier molecular flexibility index (Phi) is 6.96. The van der Waals surface area contributed by atoms with Crippen LogP contribution in [0.4, 0.5) is 0 Å². The highest BCUT2D eigenvalue weighted by Gasteiger charge is 2.64. The van der Waals surface area contributed by atoms with Crippen LogP contribution in [0.3, 0.4) is 0 Å². The summed E-state index contributed by atoms with van der Waals surface area (Å²) in [6, 6.07) is 0.401. The molecule has 4 aliphatic rings. The number of hydrogen-bond donors (Lipinski definition) is 5. The number of aliphatic hydroxyl groups excluding tert-OH is 2. The van der Waals surface area contributed by atoms with Crippen molar-refractivity contribution in [1.29, 1.82) is 0 Å². The maximum Gasteiger partial charge on any atom is 0.255 e. The summed E-state index contributed by atoms with van der Waals surface area (Å²) in [5.41, 5.74) is 3.01. The van der Waals surface area contributed by atoms with Crippen molar-refractivity contribution in [1.82, 2.24) is 9.80 Å². The number of benzene rings is 1. The van der Waals surface area contributed by atoms with E-state index >= 15 is 0 Å². The van der Waals surface area contributed by atoms with Crippen LogP contribution >= 0.6 is 0 Å². The van der Waals surface area contributed by atoms with Gasteiger partial charge >= 0.3 is 0 Å². The van der Waals surface area contributed by atoms with Gasteiger partial charge in [0.2, 0.25) is 5.78 Å². The smallest absolute Gasteiger partial charge is 0.255 e. The molecule has 0 aliphatic heterocycles. The molecule has 2 saturated carbocycles. The van der Waals surface area contributed by atoms with Crippen molar-refractivity contribution < 1.29 is 39.5 Å². The molecule has 1 aromatic carbocycles. The number of rotatable bonds is 8. The SMILES string of the molecule is CCN(Cc1cc(O)c2c(c1OC)C[C@H]1C[C@H]3[C@H](N(C)C)C(=O)C(C(N)=O)=C(O)[C@@]3(O)C(=O)C1=C2O)CC1CC1. The van der Waals surface area contributed by atoms with E-state index in [9.17, 15) is 34.8 Å². The molecule has 0 unspecified atom stereocenters. The van der Waals surface area contributed by atoms with Gasteiger partial charge in [-0.3, -0.25) is 24.2 Å². The molecule has 0 radical (unpaired) electrons. The number of amides is 1. The van der Waals surface area contributed by atoms with Gasteiger partial charge in [-0.25, -0.2) is 0 Å². The number of nitrogens with two attached hydrogens (primary N) is 1. The summed E-state index contributed by atoms with van der Waals surface area (Å²) >= 11 is 0. The maximum absolute atomic E-state index is 14.0. The predicted octanol–water partition coefficient (Wildman–Crippen LogP) is 1.20. The summed E-state index contributed by atoms with van der Waals surface area (Å²) in [5, 5.41) is 45.2. The minimum atomic E-state index is -2.66. The van der Waals surface area contributed by atoms with Crippen molar-refractivity contribution >= 4 is 23.2 Å². The van der Waals surface area contributed by atoms with Crippen molar-refractivity contribution in [3.8, 4) is 11.5 Å². The zero-order valence-corrected chi connectivity index (χ0v) is 23.2. The molecule has 40 heavy (non-hydrogen) atoms. The van der Waals surface area contributed by atoms with Crippen LogP contribution in [0.15, 0.2) is 23.0 Å². The van der Waals surface area contributed by atoms with Gasteiger partial charge in [-0.15, -0.1) is 0 Å². The number of methoxy groups -OCH3 is 1. The van der Waals surface area contributed by atoms with Crippen molar-refractivity contribution in [2.75, 3.05) is 34.3 Å². The number of carbonyl (C=O) groups excluding carboxylic acids is 3. The van der Waals surface area contributed by atoms with Crippen LogP contribution in [0.5, 0.6) is 11.5 Å². The van der Waals surface area contributed by atoms with E-state index in [4.69, 9.17) is 10.5 Å². The third kappa shape index (κ3) is 4.10. The number of ketones is 2. The highest BCUT2D eigenvalue weighted by atomic mass is 16.5. The summed E-state index contributed by atoms with van der Waals surface area (Å²) in [6.45, 7) is 4.36. The second-order valence-electron chi connectivity index (χ2n) is 11.7. The third-order valence-electron chi connectivity index (χ3n) is 9.01. The first kappa shape index (κ1) is 28.1. The fourth-order valence-corrected chi connectivity index (χ4v) is 6.94. The van der Waals surface area contributed by atoms with E-state index in [2.05, 4.69) is 11.8 Å². The summed E-state index contributed by atoms with van der Waals surface area (Å²) < 4.78 is 5.81. The van der Waals surface area contributed by atoms with Crippen molar-refractivity contribution in [2.24, 2.45) is 23.5 Å². The molecule has 0 saturated heterocycles. The minimum absolute atomic E-state index is 0.0298. The van der Waals surface area contributed by atoms with Crippen LogP contribution in [0.25, 0.3) is 5.76 Å². The molecular formula is C29H37N3O8. The number of aliphatic hydroxyl groups is 3. The lowest BCUT2D eigenvalue weighted by molar-refractivity contribution is -0.153. The van der Waals surface area contributed by atoms with Gasteiger partial charge in [-0.05, 0) is 64.2 Å². The van der Waals surface area contributed by atoms with Gasteiger partial charge < -0.3 is 30.9 Å². The van der Waals surface area contributed by atoms with Crippen molar-refractivity contribution in [3.63, 3.8) is 0 Å². The first-order valence-electron chi connectivity index (χ1n) is 13.6. The van der Waals surface area contributed by atoms with Gasteiger partial charge in [0.05, 0.1) is 18.7 Å². The molecule has 11 nitrogen and oxygen atoms in total. The molecule has 1 amide bonds. The van der Waals surface area contributed by atoms with Gasteiger partial charge in [0, 0.05) is 35.7 Å². The van der Waals surface area contributed by atoms with Crippen molar-refractivity contribution in [3.05, 3.63) is 39.7 Å². The summed E-state index contributed by atoms with van der Waals surface area (Å²) in [4.78, 5) is 43.1. The number of ether oxygens (including phenoxy) is 1. The minimum Gasteiger partial charge on any atom is -0.508 e. The topological polar surface area (TPSA) is 174 Å². The summed E-state index contributed by atoms with van der Waals surface area (Å²) in [7, 11) is 4.66. The van der Waals surface area contributed by atoms with E-state index in [0.29, 0.717) is 23.8 Å². The quantitative estimate of drug-likeness (QED) is 0.293. The number of phenolic OH excluding ortho intramolecular Hbond substituents is 1. The molecular weight excluding hydrogens is 518 g/mol. The van der Waals surface area contributed by atoms with E-state index in [1.54, 1.807) is 14.1 Å². The zero-order chi connectivity index (χ0) is 29.3. The normalized spacial score (nSPS) is 28.1. The fourth-order valence-electron chi connectivity index (χ4n) is 6.94. The summed E-state index contributed by atoms with van der Waals surface area (Å²) in [6.07, 6.45) is 2.63. The molecule has 0 spiro atoms. The Morgan fingerprint density at radius 3 is 2.42 bits per heavy atom. The molecule has 1 aromatic rings. The number of carbonyl (C=O) groups is 3. The van der Waals surface area contributed by atoms with Gasteiger partial charge in [-0.2, -0.15) is 0 Å². The Morgan fingerprint density at radius 1 is 1.20 bits per heavy atom. The lowest BCUT2D eigenvalue weighted by Crippen LogP contribution is -2.65. The standard InChI is InChI=1S/C29H37N3O8/c1-5-32(11-13-6-7-13)12-15-10-18(33)20-16(25(15)40-4)8-14-9-17-22(31(2)3)24(35)21(28(30)38)27(37)29(17,39)26(36)19(14)23(20)34/h10,13-14,17,22,33-34,37,39H,5-9,11-12H2,1-4H3,(H2,30,38)/t14-,17-,22-,29-/m0/s1. The van der Waals surface area contributed by atoms with Gasteiger partial charge in [0.1, 0.15) is 28.6 Å². The molecule has 4 aliphatic carbocycles. The Bertz CT molecular complexity index is 1360. The van der Waals surface area contributed by atoms with Crippen molar-refractivity contribution in [2.45, 2.75) is 50.8 Å². The number of likely N-dealkylation sites (N-methyl/N-ethyl adjacent to an activating group) is 1. The molecule has 11 heteroatoms. The number of aromatic hydroxyl groups is 1. The monoisotopic (exact) mass is 555 g/mol. The Balaban J connectivity index is 1.64. The zero-order valence-electron chi connectivity index (χ0n) is 23.2. The van der Waals surface area contributed by atoms with Crippen LogP contribution < -0.4 is 10.5 Å². The average molecular weight is 556 g/mol. The number of phenols is 1. The number of Topliss-reactive ketones (excluding diaryl/α,β-unsaturated/α-hetero) is 2. The van der Waals surface area contributed by atoms with E-state index < -0.39 is 58.0 Å². The highest BCUT2D eigenvalue weighted by molar-refractivity contribution is 6.24. The van der Waals surface area contributed by atoms with Crippen LogP contribution in [0.1, 0.15) is 42.9 Å². The lowest BCUT2D eigenvalue weighted by Gasteiger charge is -2.50. The number of hydrogen-bond acceptors (Lipinski definition) is 10. The van der Waals surface area contributed by atoms with Crippen LogP contribution in [-0.4, -0.2) is 93.6 Å². The molecule has 0 aromatic heterocycles. The van der Waals surface area contributed by atoms with Crippen LogP contribution in [0, 0.1) is 17.8 Å². The largest absolute Gasteiger partial charge is 0.508 e. The van der Waals surface area contributed by atoms with Crippen LogP contribution in [0.2, 0.25) is 0 Å². The highest BCUT2D eigenvalue weighted by Crippen LogP contribution is 2.54. The Labute approximate surface area is 232 Å². The number of primary amides is 1. The third-order valence-corrected chi connectivity index (χ3v) is 9.01. The van der Waals surface area contributed by atoms with Gasteiger partial charge in [0.25, 0.3) is 5.91 Å². The van der Waals surface area contributed by atoms with Gasteiger partial charge in [-0.1, -0.05) is 6.92 Å². The second-order valence-corrected chi connectivity index (χ2v) is 11.7. The van der Waals surface area contributed by atoms with Crippen LogP contribution in [-0.2, 0) is 27.3 Å². The van der Waals surface area contributed by atoms with Gasteiger partial charge in [0.15, 0.2) is 11.4 Å². The molecule has 0 bridgehead atoms. The van der Waals surface area contributed by atoms with E-state index in [-0.39, 0.29) is 29.7 Å². The Hall–Kier alpha value is -3.41. The fraction of sp³-hybridized carbons (Fsp3) is 0.552. The predicted molar refractivity (Wildman–Crippen MR) is 144 cm³/mol. The number of fused-ring (bicyclic) bond motifs is 3. The maximum atomic E-state index is 14.0. The molecule has 6 N–H and O–H groups in total. The van der Waals surface area contributed by atoms with E-state index in [1.807, 2.05) is 0 Å². The molecule has 5 rings (SSSR count). The summed E-state index contributed by atoms with van der Waals surface area (Å²) in [5.74, 6) is -5.54. The molecule has 0 heterocycles. The first-order chi connectivity index (χ1) is 18.9. The molecule has 216 valence electrons. The second kappa shape index (κ2) is 9.90. The Morgan fingerprint density at radius 2 is 1.88 bits per heavy atom. The average Bonchev–Trinajstić information content (AvgIpc) is 3.69. The lowest BCUT2D eigenvalue weighted by atomic mass is 9.57. The first-order valence-corrected chi connectivity index (χ1v) is 13.6. The molecule has 2 fully saturated rings. The number of nitrogens with zero attached hydrogens (tertiary/aromatic N) is 2. The van der Waals surface area contributed by atoms with E-state index in [0.717, 1.165) is 18.7 Å².